The van der Waals surface area contributed by atoms with Gasteiger partial charge in [0, 0.05) is 24.5 Å². The molecule has 4 rings (SSSR count). The molecule has 0 saturated carbocycles. The van der Waals surface area contributed by atoms with Crippen molar-refractivity contribution >= 4 is 23.2 Å². The number of carbonyl (C=O) groups is 2. The second-order valence-electron chi connectivity index (χ2n) is 9.87. The highest BCUT2D eigenvalue weighted by Gasteiger charge is 2.24. The van der Waals surface area contributed by atoms with Gasteiger partial charge in [0.25, 0.3) is 5.91 Å². The van der Waals surface area contributed by atoms with E-state index in [1.165, 1.54) is 0 Å². The number of nitrogens with one attached hydrogen (secondary N) is 2. The highest BCUT2D eigenvalue weighted by molar-refractivity contribution is 6.03. The first kappa shape index (κ1) is 25.5. The van der Waals surface area contributed by atoms with Crippen LogP contribution in [0.1, 0.15) is 73.5 Å². The molecule has 188 valence electrons. The second kappa shape index (κ2) is 11.9. The first-order chi connectivity index (χ1) is 17.5. The molecular formula is C31H37N3O2. The van der Waals surface area contributed by atoms with Gasteiger partial charge in [-0.2, -0.15) is 0 Å². The molecule has 5 nitrogen and oxygen atoms in total. The van der Waals surface area contributed by atoms with Gasteiger partial charge in [-0.25, -0.2) is 0 Å². The van der Waals surface area contributed by atoms with Crippen LogP contribution in [0.4, 0.5) is 11.4 Å². The molecule has 2 unspecified atom stereocenters. The van der Waals surface area contributed by atoms with Crippen LogP contribution in [0.15, 0.2) is 78.9 Å². The number of anilines is 2. The Morgan fingerprint density at radius 3 is 2.14 bits per heavy atom. The Bertz CT molecular complexity index is 1150. The molecule has 3 aromatic carbocycles. The summed E-state index contributed by atoms with van der Waals surface area (Å²) >= 11 is 0. The summed E-state index contributed by atoms with van der Waals surface area (Å²) in [7, 11) is 0. The Morgan fingerprint density at radius 1 is 0.917 bits per heavy atom. The van der Waals surface area contributed by atoms with Gasteiger partial charge >= 0.3 is 0 Å². The SMILES string of the molecule is CCC(C(=O)Nc1ccc(N2CCC(C)CC2)c(C(=O)NC(C)c2ccccc2)c1)c1ccccc1. The van der Waals surface area contributed by atoms with Crippen molar-refractivity contribution < 1.29 is 9.59 Å². The van der Waals surface area contributed by atoms with Crippen molar-refractivity contribution in [2.75, 3.05) is 23.3 Å². The van der Waals surface area contributed by atoms with Gasteiger partial charge in [0.2, 0.25) is 5.91 Å². The Kier molecular flexibility index (Phi) is 8.42. The second-order valence-corrected chi connectivity index (χ2v) is 9.87. The van der Waals surface area contributed by atoms with E-state index in [1.54, 1.807) is 0 Å². The summed E-state index contributed by atoms with van der Waals surface area (Å²) in [4.78, 5) is 29.0. The van der Waals surface area contributed by atoms with Crippen molar-refractivity contribution in [3.8, 4) is 0 Å². The first-order valence-electron chi connectivity index (χ1n) is 13.1. The third-order valence-corrected chi connectivity index (χ3v) is 7.21. The molecule has 3 aromatic rings. The van der Waals surface area contributed by atoms with E-state index in [9.17, 15) is 9.59 Å². The zero-order valence-corrected chi connectivity index (χ0v) is 21.5. The van der Waals surface area contributed by atoms with E-state index in [4.69, 9.17) is 0 Å². The number of hydrogen-bond acceptors (Lipinski definition) is 3. The quantitative estimate of drug-likeness (QED) is 0.382. The number of nitrogens with zero attached hydrogens (tertiary/aromatic N) is 1. The van der Waals surface area contributed by atoms with Crippen LogP contribution in [0.25, 0.3) is 0 Å². The zero-order valence-electron chi connectivity index (χ0n) is 21.5. The van der Waals surface area contributed by atoms with Gasteiger partial charge in [-0.3, -0.25) is 9.59 Å². The first-order valence-corrected chi connectivity index (χ1v) is 13.1. The van der Waals surface area contributed by atoms with Crippen molar-refractivity contribution in [3.63, 3.8) is 0 Å². The molecule has 0 aromatic heterocycles. The molecule has 1 fully saturated rings. The number of amides is 2. The topological polar surface area (TPSA) is 61.4 Å². The predicted molar refractivity (Wildman–Crippen MR) is 147 cm³/mol. The molecule has 2 atom stereocenters. The third-order valence-electron chi connectivity index (χ3n) is 7.21. The van der Waals surface area contributed by atoms with Crippen LogP contribution in [-0.2, 0) is 4.79 Å². The standard InChI is InChI=1S/C31H37N3O2/c1-4-27(25-13-9-6-10-14-25)30(35)33-26-15-16-29(34-19-17-22(2)18-20-34)28(21-26)31(36)32-23(3)24-11-7-5-8-12-24/h5-16,21-23,27H,4,17-20H2,1-3H3,(H,32,36)(H,33,35). The minimum Gasteiger partial charge on any atom is -0.371 e. The van der Waals surface area contributed by atoms with Crippen molar-refractivity contribution in [1.29, 1.82) is 0 Å². The van der Waals surface area contributed by atoms with Crippen LogP contribution in [0.3, 0.4) is 0 Å². The van der Waals surface area contributed by atoms with Crippen LogP contribution in [0, 0.1) is 5.92 Å². The van der Waals surface area contributed by atoms with E-state index in [-0.39, 0.29) is 23.8 Å². The van der Waals surface area contributed by atoms with Gasteiger partial charge in [-0.15, -0.1) is 0 Å². The van der Waals surface area contributed by atoms with Gasteiger partial charge in [0.1, 0.15) is 0 Å². The Morgan fingerprint density at radius 2 is 1.53 bits per heavy atom. The maximum absolute atomic E-state index is 13.6. The van der Waals surface area contributed by atoms with Gasteiger partial charge in [0.05, 0.1) is 17.5 Å². The summed E-state index contributed by atoms with van der Waals surface area (Å²) < 4.78 is 0. The monoisotopic (exact) mass is 483 g/mol. The normalized spacial score (nSPS) is 15.7. The summed E-state index contributed by atoms with van der Waals surface area (Å²) in [5.41, 5.74) is 4.20. The summed E-state index contributed by atoms with van der Waals surface area (Å²) in [6, 6.07) is 25.4. The maximum Gasteiger partial charge on any atom is 0.253 e. The average Bonchev–Trinajstić information content (AvgIpc) is 2.90. The van der Waals surface area contributed by atoms with Crippen LogP contribution >= 0.6 is 0 Å². The van der Waals surface area contributed by atoms with Gasteiger partial charge in [-0.05, 0) is 61.4 Å². The fourth-order valence-corrected chi connectivity index (χ4v) is 4.91. The van der Waals surface area contributed by atoms with Crippen LogP contribution in [0.5, 0.6) is 0 Å². The minimum atomic E-state index is -0.246. The average molecular weight is 484 g/mol. The zero-order chi connectivity index (χ0) is 25.5. The highest BCUT2D eigenvalue weighted by atomic mass is 16.2. The van der Waals surface area contributed by atoms with Gasteiger partial charge in [-0.1, -0.05) is 74.5 Å². The third kappa shape index (κ3) is 6.14. The maximum atomic E-state index is 13.6. The van der Waals surface area contributed by atoms with Crippen molar-refractivity contribution in [1.82, 2.24) is 5.32 Å². The molecule has 0 radical (unpaired) electrons. The van der Waals surface area contributed by atoms with Crippen molar-refractivity contribution in [3.05, 3.63) is 95.6 Å². The Hall–Kier alpha value is -3.60. The molecule has 0 aliphatic carbocycles. The highest BCUT2D eigenvalue weighted by Crippen LogP contribution is 2.30. The van der Waals surface area contributed by atoms with E-state index >= 15 is 0 Å². The van der Waals surface area contributed by atoms with Gasteiger partial charge in [0.15, 0.2) is 0 Å². The Balaban J connectivity index is 1.59. The molecule has 5 heteroatoms. The Labute approximate surface area is 214 Å². The number of carbonyl (C=O) groups excluding carboxylic acids is 2. The lowest BCUT2D eigenvalue weighted by molar-refractivity contribution is -0.117. The summed E-state index contributed by atoms with van der Waals surface area (Å²) in [5, 5.41) is 6.23. The lowest BCUT2D eigenvalue weighted by Crippen LogP contribution is -2.35. The van der Waals surface area contributed by atoms with Crippen molar-refractivity contribution in [2.45, 2.75) is 52.0 Å². The van der Waals surface area contributed by atoms with E-state index in [1.807, 2.05) is 92.7 Å². The smallest absolute Gasteiger partial charge is 0.253 e. The molecule has 2 N–H and O–H groups in total. The van der Waals surface area contributed by atoms with E-state index < -0.39 is 0 Å². The molecule has 0 bridgehead atoms. The largest absolute Gasteiger partial charge is 0.371 e. The van der Waals surface area contributed by atoms with Crippen LogP contribution < -0.4 is 15.5 Å². The summed E-state index contributed by atoms with van der Waals surface area (Å²) in [6.45, 7) is 8.14. The summed E-state index contributed by atoms with van der Waals surface area (Å²) in [5.74, 6) is 0.252. The lowest BCUT2D eigenvalue weighted by Gasteiger charge is -2.33. The van der Waals surface area contributed by atoms with E-state index in [0.29, 0.717) is 23.6 Å². The van der Waals surface area contributed by atoms with E-state index in [0.717, 1.165) is 42.7 Å². The van der Waals surface area contributed by atoms with Crippen LogP contribution in [-0.4, -0.2) is 24.9 Å². The number of benzene rings is 3. The molecule has 1 saturated heterocycles. The molecule has 36 heavy (non-hydrogen) atoms. The minimum absolute atomic E-state index is 0.0627. The summed E-state index contributed by atoms with van der Waals surface area (Å²) in [6.07, 6.45) is 2.91. The number of piperidine rings is 1. The fraction of sp³-hybridized carbons (Fsp3) is 0.355. The molecule has 0 spiro atoms. The molecule has 1 aliphatic heterocycles. The molecule has 1 aliphatic rings. The predicted octanol–water partition coefficient (Wildman–Crippen LogP) is 6.55. The lowest BCUT2D eigenvalue weighted by atomic mass is 9.95. The molecule has 2 amide bonds. The van der Waals surface area contributed by atoms with Crippen molar-refractivity contribution in [2.24, 2.45) is 5.92 Å². The number of hydrogen-bond donors (Lipinski definition) is 2. The number of rotatable bonds is 8. The fourth-order valence-electron chi connectivity index (χ4n) is 4.91. The molecule has 1 heterocycles. The van der Waals surface area contributed by atoms with Gasteiger partial charge < -0.3 is 15.5 Å². The van der Waals surface area contributed by atoms with E-state index in [2.05, 4.69) is 22.5 Å². The van der Waals surface area contributed by atoms with Crippen LogP contribution in [0.2, 0.25) is 0 Å². The molecular weight excluding hydrogens is 446 g/mol.